The minimum absolute atomic E-state index is 0.0590. The fourth-order valence-corrected chi connectivity index (χ4v) is 3.00. The van der Waals surface area contributed by atoms with Crippen LogP contribution < -0.4 is 15.8 Å². The zero-order valence-electron chi connectivity index (χ0n) is 14.7. The Bertz CT molecular complexity index is 1170. The van der Waals surface area contributed by atoms with E-state index >= 15 is 0 Å². The van der Waals surface area contributed by atoms with Crippen molar-refractivity contribution >= 4 is 40.0 Å². The maximum absolute atomic E-state index is 12.7. The molecule has 9 nitrogen and oxygen atoms in total. The fourth-order valence-electron chi connectivity index (χ4n) is 2.82. The molecule has 4 rings (SSSR count). The van der Waals surface area contributed by atoms with Crippen molar-refractivity contribution < 1.29 is 14.2 Å². The predicted molar refractivity (Wildman–Crippen MR) is 104 cm³/mol. The zero-order valence-corrected chi connectivity index (χ0v) is 15.5. The van der Waals surface area contributed by atoms with E-state index in [2.05, 4.69) is 20.6 Å². The number of nitrogen functional groups attached to an aromatic ring is 1. The Kier molecular flexibility index (Phi) is 4.58. The average molecular weight is 399 g/mol. The zero-order chi connectivity index (χ0) is 19.7. The number of anilines is 2. The van der Waals surface area contributed by atoms with Gasteiger partial charge in [-0.25, -0.2) is 9.61 Å². The maximum atomic E-state index is 12.7. The SMILES string of the molecule is COc1ccc2nc(-c3nonc3N)n(CC(=O)Nc3ccccc3Cl)c2c1. The second-order valence-corrected chi connectivity index (χ2v) is 6.31. The summed E-state index contributed by atoms with van der Waals surface area (Å²) in [5, 5.41) is 10.6. The number of fused-ring (bicyclic) bond motifs is 1. The summed E-state index contributed by atoms with van der Waals surface area (Å²) in [6.07, 6.45) is 0. The van der Waals surface area contributed by atoms with E-state index < -0.39 is 0 Å². The number of nitrogens with one attached hydrogen (secondary N) is 1. The number of para-hydroxylation sites is 1. The summed E-state index contributed by atoms with van der Waals surface area (Å²) in [4.78, 5) is 17.2. The van der Waals surface area contributed by atoms with Crippen molar-refractivity contribution in [3.05, 3.63) is 47.5 Å². The van der Waals surface area contributed by atoms with Crippen LogP contribution >= 0.6 is 11.6 Å². The highest BCUT2D eigenvalue weighted by atomic mass is 35.5. The first-order valence-electron chi connectivity index (χ1n) is 8.24. The Balaban J connectivity index is 1.76. The molecule has 0 aliphatic heterocycles. The van der Waals surface area contributed by atoms with Gasteiger partial charge in [-0.15, -0.1) is 0 Å². The van der Waals surface area contributed by atoms with Crippen molar-refractivity contribution in [1.29, 1.82) is 0 Å². The molecule has 0 unspecified atom stereocenters. The van der Waals surface area contributed by atoms with E-state index in [1.807, 2.05) is 0 Å². The number of methoxy groups -OCH3 is 1. The first-order valence-corrected chi connectivity index (χ1v) is 8.61. The fraction of sp³-hybridized carbons (Fsp3) is 0.111. The van der Waals surface area contributed by atoms with Gasteiger partial charge in [-0.05, 0) is 34.6 Å². The van der Waals surface area contributed by atoms with Gasteiger partial charge in [0, 0.05) is 6.07 Å². The Morgan fingerprint density at radius 3 is 2.82 bits per heavy atom. The van der Waals surface area contributed by atoms with Gasteiger partial charge in [-0.1, -0.05) is 23.7 Å². The predicted octanol–water partition coefficient (Wildman–Crippen LogP) is 2.97. The lowest BCUT2D eigenvalue weighted by Gasteiger charge is -2.10. The van der Waals surface area contributed by atoms with Gasteiger partial charge < -0.3 is 20.4 Å². The molecule has 0 saturated carbocycles. The van der Waals surface area contributed by atoms with Gasteiger partial charge in [0.15, 0.2) is 17.3 Å². The summed E-state index contributed by atoms with van der Waals surface area (Å²) in [5.41, 5.74) is 7.91. The monoisotopic (exact) mass is 398 g/mol. The van der Waals surface area contributed by atoms with Crippen LogP contribution in [-0.2, 0) is 11.3 Å². The minimum atomic E-state index is -0.300. The van der Waals surface area contributed by atoms with Crippen molar-refractivity contribution in [2.24, 2.45) is 0 Å². The van der Waals surface area contributed by atoms with Crippen LogP contribution in [0, 0.1) is 0 Å². The second-order valence-electron chi connectivity index (χ2n) is 5.90. The summed E-state index contributed by atoms with van der Waals surface area (Å²) in [7, 11) is 1.56. The lowest BCUT2D eigenvalue weighted by atomic mass is 10.3. The number of carbonyl (C=O) groups excluding carboxylic acids is 1. The molecule has 3 N–H and O–H groups in total. The molecule has 0 aliphatic carbocycles. The Morgan fingerprint density at radius 2 is 2.11 bits per heavy atom. The van der Waals surface area contributed by atoms with Gasteiger partial charge in [0.25, 0.3) is 0 Å². The first kappa shape index (κ1) is 17.8. The molecule has 0 atom stereocenters. The molecule has 1 amide bonds. The van der Waals surface area contributed by atoms with E-state index in [0.717, 1.165) is 0 Å². The lowest BCUT2D eigenvalue weighted by molar-refractivity contribution is -0.116. The van der Waals surface area contributed by atoms with Gasteiger partial charge in [-0.2, -0.15) is 0 Å². The number of nitrogens with zero attached hydrogens (tertiary/aromatic N) is 4. The molecule has 0 radical (unpaired) electrons. The topological polar surface area (TPSA) is 121 Å². The van der Waals surface area contributed by atoms with E-state index in [1.165, 1.54) is 0 Å². The van der Waals surface area contributed by atoms with E-state index in [1.54, 1.807) is 54.1 Å². The third-order valence-electron chi connectivity index (χ3n) is 4.13. The van der Waals surface area contributed by atoms with E-state index in [-0.39, 0.29) is 24.0 Å². The van der Waals surface area contributed by atoms with Crippen LogP contribution in [0.1, 0.15) is 0 Å². The van der Waals surface area contributed by atoms with E-state index in [0.29, 0.717) is 33.3 Å². The number of carbonyl (C=O) groups is 1. The van der Waals surface area contributed by atoms with Crippen LogP contribution in [0.25, 0.3) is 22.6 Å². The molecule has 0 bridgehead atoms. The lowest BCUT2D eigenvalue weighted by Crippen LogP contribution is -2.19. The molecule has 0 fully saturated rings. The number of rotatable bonds is 5. The molecule has 2 heterocycles. The molecular weight excluding hydrogens is 384 g/mol. The number of hydrogen-bond acceptors (Lipinski definition) is 7. The highest BCUT2D eigenvalue weighted by Crippen LogP contribution is 2.29. The van der Waals surface area contributed by atoms with Crippen molar-refractivity contribution in [2.45, 2.75) is 6.54 Å². The first-order chi connectivity index (χ1) is 13.6. The average Bonchev–Trinajstić information content (AvgIpc) is 3.26. The number of nitrogens with two attached hydrogens (primary N) is 1. The Labute approximate surface area is 164 Å². The Morgan fingerprint density at radius 1 is 1.29 bits per heavy atom. The summed E-state index contributed by atoms with van der Waals surface area (Å²) in [5.74, 6) is 0.760. The summed E-state index contributed by atoms with van der Waals surface area (Å²) in [6, 6.07) is 12.3. The molecule has 28 heavy (non-hydrogen) atoms. The molecule has 0 spiro atoms. The van der Waals surface area contributed by atoms with Crippen LogP contribution in [0.5, 0.6) is 5.75 Å². The number of aromatic nitrogens is 4. The van der Waals surface area contributed by atoms with Gasteiger partial charge >= 0.3 is 0 Å². The van der Waals surface area contributed by atoms with Crippen LogP contribution in [-0.4, -0.2) is 32.9 Å². The minimum Gasteiger partial charge on any atom is -0.497 e. The number of imidazole rings is 1. The van der Waals surface area contributed by atoms with Crippen molar-refractivity contribution in [3.8, 4) is 17.3 Å². The highest BCUT2D eigenvalue weighted by Gasteiger charge is 2.21. The number of hydrogen-bond donors (Lipinski definition) is 2. The second kappa shape index (κ2) is 7.20. The maximum Gasteiger partial charge on any atom is 0.244 e. The van der Waals surface area contributed by atoms with Crippen molar-refractivity contribution in [3.63, 3.8) is 0 Å². The van der Waals surface area contributed by atoms with Gasteiger partial charge in [-0.3, -0.25) is 4.79 Å². The number of benzene rings is 2. The van der Waals surface area contributed by atoms with E-state index in [9.17, 15) is 4.79 Å². The quantitative estimate of drug-likeness (QED) is 0.530. The number of ether oxygens (including phenoxy) is 1. The van der Waals surface area contributed by atoms with Crippen molar-refractivity contribution in [1.82, 2.24) is 19.9 Å². The molecule has 0 aliphatic rings. The smallest absolute Gasteiger partial charge is 0.244 e. The van der Waals surface area contributed by atoms with Gasteiger partial charge in [0.05, 0.1) is 28.9 Å². The van der Waals surface area contributed by atoms with Crippen LogP contribution in [0.4, 0.5) is 11.5 Å². The highest BCUT2D eigenvalue weighted by molar-refractivity contribution is 6.33. The van der Waals surface area contributed by atoms with Crippen LogP contribution in [0.15, 0.2) is 47.1 Å². The summed E-state index contributed by atoms with van der Waals surface area (Å²) >= 11 is 6.12. The molecular formula is C18H15ClN6O3. The van der Waals surface area contributed by atoms with Crippen LogP contribution in [0.3, 0.4) is 0 Å². The molecule has 0 saturated heterocycles. The number of amides is 1. The molecule has 2 aromatic carbocycles. The molecule has 2 aromatic heterocycles. The Hall–Kier alpha value is -3.59. The van der Waals surface area contributed by atoms with Gasteiger partial charge in [0.2, 0.25) is 5.91 Å². The normalized spacial score (nSPS) is 10.9. The summed E-state index contributed by atoms with van der Waals surface area (Å²) < 4.78 is 11.6. The molecule has 10 heteroatoms. The third-order valence-corrected chi connectivity index (χ3v) is 4.46. The molecule has 142 valence electrons. The van der Waals surface area contributed by atoms with E-state index in [4.69, 9.17) is 26.7 Å². The summed E-state index contributed by atoms with van der Waals surface area (Å²) in [6.45, 7) is -0.0590. The standard InChI is InChI=1S/C18H15ClN6O3/c1-27-10-6-7-13-14(8-10)25(18(22-13)16-17(20)24-28-23-16)9-15(26)21-12-5-3-2-4-11(12)19/h2-8H,9H2,1H3,(H2,20,24)(H,21,26). The van der Waals surface area contributed by atoms with Gasteiger partial charge in [0.1, 0.15) is 12.3 Å². The third kappa shape index (κ3) is 3.23. The van der Waals surface area contributed by atoms with Crippen molar-refractivity contribution in [2.75, 3.05) is 18.2 Å². The molecule has 4 aromatic rings. The van der Waals surface area contributed by atoms with Crippen LogP contribution in [0.2, 0.25) is 5.02 Å². The largest absolute Gasteiger partial charge is 0.497 e. The number of halogens is 1.